The third-order valence-electron chi connectivity index (χ3n) is 2.95. The fraction of sp³-hybridized carbons (Fsp3) is 0.467. The predicted octanol–water partition coefficient (Wildman–Crippen LogP) is 3.50. The highest BCUT2D eigenvalue weighted by Gasteiger charge is 2.30. The van der Waals surface area contributed by atoms with E-state index in [0.29, 0.717) is 12.2 Å². The first-order valence-corrected chi connectivity index (χ1v) is 10.3. The Kier molecular flexibility index (Phi) is 7.14. The Morgan fingerprint density at radius 3 is 2.48 bits per heavy atom. The van der Waals surface area contributed by atoms with Crippen molar-refractivity contribution in [2.75, 3.05) is 31.5 Å². The Morgan fingerprint density at radius 2 is 1.88 bits per heavy atom. The summed E-state index contributed by atoms with van der Waals surface area (Å²) < 4.78 is 49.6. The molecule has 138 valence electrons. The molecular weight excluding hydrogens is 423 g/mol. The second kappa shape index (κ2) is 8.91. The molecule has 0 atom stereocenters. The molecule has 1 heterocycles. The molecule has 1 aromatic carbocycles. The van der Waals surface area contributed by atoms with E-state index in [-0.39, 0.29) is 29.5 Å². The number of ether oxygens (including phenoxy) is 2. The van der Waals surface area contributed by atoms with Crippen molar-refractivity contribution in [2.45, 2.75) is 12.9 Å². The molecule has 0 radical (unpaired) electrons. The van der Waals surface area contributed by atoms with E-state index < -0.39 is 12.8 Å². The number of nitrogens with zero attached hydrogens (tertiary/aromatic N) is 3. The van der Waals surface area contributed by atoms with Crippen LogP contribution in [-0.4, -0.2) is 52.4 Å². The molecule has 0 spiro atoms. The predicted molar refractivity (Wildman–Crippen MR) is 94.7 cm³/mol. The van der Waals surface area contributed by atoms with Crippen molar-refractivity contribution < 1.29 is 22.6 Å². The van der Waals surface area contributed by atoms with Gasteiger partial charge in [0, 0.05) is 10.0 Å². The number of benzene rings is 1. The molecule has 0 amide bonds. The van der Waals surface area contributed by atoms with Crippen LogP contribution in [0.4, 0.5) is 13.2 Å². The summed E-state index contributed by atoms with van der Waals surface area (Å²) in [5.41, 5.74) is 0.669. The summed E-state index contributed by atoms with van der Waals surface area (Å²) in [6.45, 7) is -0.963. The number of alkyl halides is 3. The lowest BCUT2D eigenvalue weighted by Crippen LogP contribution is -2.21. The summed E-state index contributed by atoms with van der Waals surface area (Å²) in [4.78, 5) is 4.06. The Labute approximate surface area is 155 Å². The molecule has 1 aromatic heterocycles. The van der Waals surface area contributed by atoms with Gasteiger partial charge in [-0.2, -0.15) is 22.8 Å². The largest absolute Gasteiger partial charge is 0.454 e. The number of rotatable bonds is 8. The second-order valence-electron chi connectivity index (χ2n) is 5.36. The summed E-state index contributed by atoms with van der Waals surface area (Å²) in [5, 5.41) is 4.20. The topological polar surface area (TPSA) is 49.2 Å². The van der Waals surface area contributed by atoms with Gasteiger partial charge in [0.05, 0.1) is 19.1 Å². The van der Waals surface area contributed by atoms with Crippen molar-refractivity contribution in [3.05, 3.63) is 28.7 Å². The standard InChI is InChI=1S/C15H18BrF3N3O2S/c1-25(2)8-7-23-10-22-14(24-9-15(17,18)19)20-13(21-22)11-3-5-12(16)6-4-11/h3-6H,7-10H2,1-2H3/q+1. The third kappa shape index (κ3) is 6.87. The molecule has 25 heavy (non-hydrogen) atoms. The first-order chi connectivity index (χ1) is 11.7. The maximum absolute atomic E-state index is 12.4. The van der Waals surface area contributed by atoms with Gasteiger partial charge in [-0.1, -0.05) is 28.1 Å². The third-order valence-corrected chi connectivity index (χ3v) is 4.47. The highest BCUT2D eigenvalue weighted by Crippen LogP contribution is 2.23. The molecule has 0 unspecified atom stereocenters. The van der Waals surface area contributed by atoms with Crippen LogP contribution in [0, 0.1) is 0 Å². The molecule has 0 saturated carbocycles. The highest BCUT2D eigenvalue weighted by molar-refractivity contribution is 9.10. The lowest BCUT2D eigenvalue weighted by atomic mass is 10.2. The molecule has 2 rings (SSSR count). The van der Waals surface area contributed by atoms with E-state index in [2.05, 4.69) is 38.5 Å². The summed E-state index contributed by atoms with van der Waals surface area (Å²) in [5.74, 6) is 1.14. The second-order valence-corrected chi connectivity index (χ2v) is 8.65. The van der Waals surface area contributed by atoms with Gasteiger partial charge in [0.15, 0.2) is 12.4 Å². The summed E-state index contributed by atoms with van der Waals surface area (Å²) in [7, 11) is 0.225. The molecule has 5 nitrogen and oxygen atoms in total. The van der Waals surface area contributed by atoms with Crippen LogP contribution < -0.4 is 4.74 Å². The fourth-order valence-electron chi connectivity index (χ4n) is 1.76. The van der Waals surface area contributed by atoms with Gasteiger partial charge in [-0.25, -0.2) is 0 Å². The molecule has 0 N–H and O–H groups in total. The van der Waals surface area contributed by atoms with Crippen LogP contribution >= 0.6 is 15.9 Å². The highest BCUT2D eigenvalue weighted by atomic mass is 79.9. The number of aromatic nitrogens is 3. The maximum atomic E-state index is 12.4. The average Bonchev–Trinajstić information content (AvgIpc) is 2.92. The SMILES string of the molecule is C[S+](C)CCOCn1nc(-c2ccc(Br)cc2)nc1OCC(F)(F)F. The van der Waals surface area contributed by atoms with Crippen LogP contribution in [0.3, 0.4) is 0 Å². The quantitative estimate of drug-likeness (QED) is 0.465. The van der Waals surface area contributed by atoms with Crippen LogP contribution in [0.2, 0.25) is 0 Å². The molecule has 0 aliphatic heterocycles. The Morgan fingerprint density at radius 1 is 1.20 bits per heavy atom. The summed E-state index contributed by atoms with van der Waals surface area (Å²) >= 11 is 3.32. The van der Waals surface area contributed by atoms with Crippen LogP contribution in [0.15, 0.2) is 28.7 Å². The zero-order chi connectivity index (χ0) is 18.4. The molecule has 0 fully saturated rings. The van der Waals surface area contributed by atoms with Gasteiger partial charge in [-0.15, -0.1) is 5.10 Å². The first kappa shape index (κ1) is 20.1. The minimum atomic E-state index is -4.45. The molecule has 0 bridgehead atoms. The van der Waals surface area contributed by atoms with Gasteiger partial charge < -0.3 is 9.47 Å². The van der Waals surface area contributed by atoms with Crippen LogP contribution in [0.25, 0.3) is 11.4 Å². The smallest absolute Gasteiger partial charge is 0.422 e. The van der Waals surface area contributed by atoms with E-state index in [1.807, 2.05) is 0 Å². The van der Waals surface area contributed by atoms with Gasteiger partial charge in [0.2, 0.25) is 0 Å². The normalized spacial score (nSPS) is 12.0. The van der Waals surface area contributed by atoms with Gasteiger partial charge in [0.25, 0.3) is 0 Å². The zero-order valence-corrected chi connectivity index (χ0v) is 16.1. The summed E-state index contributed by atoms with van der Waals surface area (Å²) in [6.07, 6.45) is -0.279. The van der Waals surface area contributed by atoms with E-state index in [4.69, 9.17) is 9.47 Å². The van der Waals surface area contributed by atoms with Crippen LogP contribution in [0.5, 0.6) is 6.01 Å². The Hall–Kier alpha value is -1.26. The monoisotopic (exact) mass is 440 g/mol. The fourth-order valence-corrected chi connectivity index (χ4v) is 2.48. The molecule has 0 aliphatic carbocycles. The molecule has 0 saturated heterocycles. The van der Waals surface area contributed by atoms with E-state index in [0.717, 1.165) is 10.2 Å². The van der Waals surface area contributed by atoms with E-state index >= 15 is 0 Å². The molecule has 2 aromatic rings. The van der Waals surface area contributed by atoms with Gasteiger partial charge in [-0.05, 0) is 23.0 Å². The number of hydrogen-bond donors (Lipinski definition) is 0. The van der Waals surface area contributed by atoms with Crippen molar-refractivity contribution in [3.8, 4) is 17.4 Å². The molecular formula is C15H18BrF3N3O2S+. The van der Waals surface area contributed by atoms with Gasteiger partial charge in [-0.3, -0.25) is 0 Å². The van der Waals surface area contributed by atoms with Crippen LogP contribution in [-0.2, 0) is 22.4 Å². The Balaban J connectivity index is 2.14. The minimum Gasteiger partial charge on any atom is -0.454 e. The first-order valence-electron chi connectivity index (χ1n) is 7.27. The number of halogens is 4. The Bertz CT molecular complexity index is 678. The van der Waals surface area contributed by atoms with Crippen molar-refractivity contribution in [1.29, 1.82) is 0 Å². The zero-order valence-electron chi connectivity index (χ0n) is 13.7. The average molecular weight is 441 g/mol. The van der Waals surface area contributed by atoms with E-state index in [1.54, 1.807) is 24.3 Å². The van der Waals surface area contributed by atoms with Crippen LogP contribution in [0.1, 0.15) is 0 Å². The maximum Gasteiger partial charge on any atom is 0.422 e. The molecule has 10 heteroatoms. The lowest BCUT2D eigenvalue weighted by molar-refractivity contribution is -0.155. The lowest BCUT2D eigenvalue weighted by Gasteiger charge is -2.09. The molecule has 0 aliphatic rings. The minimum absolute atomic E-state index is 0.0199. The van der Waals surface area contributed by atoms with E-state index in [1.165, 1.54) is 4.68 Å². The van der Waals surface area contributed by atoms with Crippen molar-refractivity contribution in [2.24, 2.45) is 0 Å². The van der Waals surface area contributed by atoms with E-state index in [9.17, 15) is 13.2 Å². The summed E-state index contributed by atoms with van der Waals surface area (Å²) in [6, 6.07) is 6.90. The van der Waals surface area contributed by atoms with Gasteiger partial charge >= 0.3 is 12.2 Å². The number of hydrogen-bond acceptors (Lipinski definition) is 4. The van der Waals surface area contributed by atoms with Crippen molar-refractivity contribution in [1.82, 2.24) is 14.8 Å². The van der Waals surface area contributed by atoms with Crippen molar-refractivity contribution >= 4 is 26.8 Å². The van der Waals surface area contributed by atoms with Crippen molar-refractivity contribution in [3.63, 3.8) is 0 Å². The van der Waals surface area contributed by atoms with Gasteiger partial charge in [0.1, 0.15) is 12.5 Å².